The van der Waals surface area contributed by atoms with E-state index in [0.717, 1.165) is 16.7 Å². The average Bonchev–Trinajstić information content (AvgIpc) is 3.46. The second-order valence-corrected chi connectivity index (χ2v) is 11.2. The second-order valence-electron chi connectivity index (χ2n) is 8.86. The Hall–Kier alpha value is -3.95. The maximum Gasteiger partial charge on any atom is 0.337 e. The number of benzene rings is 3. The maximum atomic E-state index is 13.6. The molecule has 0 unspecified atom stereocenters. The van der Waals surface area contributed by atoms with E-state index < -0.39 is 16.0 Å². The van der Waals surface area contributed by atoms with E-state index >= 15 is 0 Å². The molecule has 0 aliphatic rings. The lowest BCUT2D eigenvalue weighted by Gasteiger charge is -2.29. The van der Waals surface area contributed by atoms with Gasteiger partial charge in [0.2, 0.25) is 0 Å². The van der Waals surface area contributed by atoms with Crippen LogP contribution in [0.25, 0.3) is 11.1 Å². The summed E-state index contributed by atoms with van der Waals surface area (Å²) in [6.07, 6.45) is 1.24. The first-order chi connectivity index (χ1) is 18.3. The molecule has 1 heterocycles. The summed E-state index contributed by atoms with van der Waals surface area (Å²) >= 11 is 1.46. The maximum absolute atomic E-state index is 13.6. The SMILES string of the molecule is COC(=O)c1cc(N(Cc2ccccc2)Cc2ccccc2)c(-c2ccsc2)c(S(=O)(=O)/N=C/N(C)C)c1. The molecule has 0 saturated heterocycles. The van der Waals surface area contributed by atoms with E-state index in [-0.39, 0.29) is 10.5 Å². The van der Waals surface area contributed by atoms with Crippen molar-refractivity contribution in [1.82, 2.24) is 4.90 Å². The van der Waals surface area contributed by atoms with Crippen LogP contribution in [0.5, 0.6) is 0 Å². The molecule has 3 aromatic carbocycles. The van der Waals surface area contributed by atoms with Gasteiger partial charge in [-0.2, -0.15) is 19.8 Å². The summed E-state index contributed by atoms with van der Waals surface area (Å²) < 4.78 is 36.1. The molecule has 4 rings (SSSR count). The van der Waals surface area contributed by atoms with Crippen molar-refractivity contribution in [2.75, 3.05) is 26.1 Å². The smallest absolute Gasteiger partial charge is 0.337 e. The third-order valence-corrected chi connectivity index (χ3v) is 7.71. The van der Waals surface area contributed by atoms with Gasteiger partial charge < -0.3 is 14.5 Å². The molecule has 7 nitrogen and oxygen atoms in total. The Balaban J connectivity index is 2.01. The van der Waals surface area contributed by atoms with Gasteiger partial charge in [-0.1, -0.05) is 60.7 Å². The Kier molecular flexibility index (Phi) is 8.60. The van der Waals surface area contributed by atoms with Crippen molar-refractivity contribution in [1.29, 1.82) is 0 Å². The van der Waals surface area contributed by atoms with E-state index in [1.54, 1.807) is 25.1 Å². The molecule has 9 heteroatoms. The van der Waals surface area contributed by atoms with Gasteiger partial charge in [-0.15, -0.1) is 4.40 Å². The minimum atomic E-state index is -4.18. The van der Waals surface area contributed by atoms with Gasteiger partial charge in [0.25, 0.3) is 10.0 Å². The van der Waals surface area contributed by atoms with Crippen molar-refractivity contribution < 1.29 is 17.9 Å². The number of esters is 1. The fourth-order valence-electron chi connectivity index (χ4n) is 4.03. The zero-order valence-electron chi connectivity index (χ0n) is 21.4. The number of ether oxygens (including phenoxy) is 1. The van der Waals surface area contributed by atoms with Crippen LogP contribution in [0, 0.1) is 0 Å². The molecule has 0 aliphatic heterocycles. The molecule has 0 atom stereocenters. The Morgan fingerprint density at radius 1 is 0.947 bits per heavy atom. The first kappa shape index (κ1) is 27.1. The standard InChI is InChI=1S/C29H29N3O4S2/c1-31(2)21-30-38(34,35)27-17-25(29(33)36-3)16-26(28(27)24-14-15-37-20-24)32(18-22-10-6-4-7-11-22)19-23-12-8-5-9-13-23/h4-17,20-21H,18-19H2,1-3H3/b30-21+. The van der Waals surface area contributed by atoms with Gasteiger partial charge in [-0.05, 0) is 45.6 Å². The topological polar surface area (TPSA) is 79.3 Å². The number of methoxy groups -OCH3 is 1. The molecule has 4 aromatic rings. The molecule has 0 saturated carbocycles. The monoisotopic (exact) mass is 547 g/mol. The molecule has 0 spiro atoms. The van der Waals surface area contributed by atoms with Crippen LogP contribution in [0.2, 0.25) is 0 Å². The average molecular weight is 548 g/mol. The van der Waals surface area contributed by atoms with Gasteiger partial charge in [0, 0.05) is 38.4 Å². The summed E-state index contributed by atoms with van der Waals surface area (Å²) in [5, 5.41) is 3.79. The Morgan fingerprint density at radius 3 is 2.05 bits per heavy atom. The fourth-order valence-corrected chi connectivity index (χ4v) is 5.86. The van der Waals surface area contributed by atoms with Crippen LogP contribution in [-0.4, -0.2) is 46.8 Å². The van der Waals surface area contributed by atoms with Gasteiger partial charge >= 0.3 is 5.97 Å². The highest BCUT2D eigenvalue weighted by molar-refractivity contribution is 7.90. The molecule has 1 aromatic heterocycles. The van der Waals surface area contributed by atoms with E-state index in [1.807, 2.05) is 77.5 Å². The number of nitrogens with zero attached hydrogens (tertiary/aromatic N) is 3. The third-order valence-electron chi connectivity index (χ3n) is 5.78. The number of sulfonamides is 1. The Labute approximate surface area is 227 Å². The number of carbonyl (C=O) groups excluding carboxylic acids is 1. The van der Waals surface area contributed by atoms with Crippen molar-refractivity contribution in [2.45, 2.75) is 18.0 Å². The van der Waals surface area contributed by atoms with Crippen LogP contribution >= 0.6 is 11.3 Å². The molecule has 0 fully saturated rings. The summed E-state index contributed by atoms with van der Waals surface area (Å²) in [7, 11) is 0.479. The van der Waals surface area contributed by atoms with Gasteiger partial charge in [0.15, 0.2) is 0 Å². The number of carbonyl (C=O) groups is 1. The summed E-state index contributed by atoms with van der Waals surface area (Å²) in [4.78, 5) is 16.3. The summed E-state index contributed by atoms with van der Waals surface area (Å²) in [6, 6.07) is 24.8. The van der Waals surface area contributed by atoms with Crippen molar-refractivity contribution in [3.05, 3.63) is 106 Å². The summed E-state index contributed by atoms with van der Waals surface area (Å²) in [6.45, 7) is 0.968. The predicted molar refractivity (Wildman–Crippen MR) is 153 cm³/mol. The number of hydrogen-bond donors (Lipinski definition) is 0. The van der Waals surface area contributed by atoms with Crippen molar-refractivity contribution in [3.8, 4) is 11.1 Å². The van der Waals surface area contributed by atoms with Crippen LogP contribution in [0.3, 0.4) is 0 Å². The van der Waals surface area contributed by atoms with E-state index in [0.29, 0.717) is 24.3 Å². The minimum Gasteiger partial charge on any atom is -0.465 e. The third kappa shape index (κ3) is 6.48. The lowest BCUT2D eigenvalue weighted by atomic mass is 10.0. The zero-order chi connectivity index (χ0) is 27.1. The van der Waals surface area contributed by atoms with Crippen molar-refractivity contribution in [3.63, 3.8) is 0 Å². The van der Waals surface area contributed by atoms with Crippen LogP contribution in [0.1, 0.15) is 21.5 Å². The van der Waals surface area contributed by atoms with Crippen LogP contribution < -0.4 is 4.90 Å². The molecule has 38 heavy (non-hydrogen) atoms. The number of hydrogen-bond acceptors (Lipinski definition) is 6. The second kappa shape index (κ2) is 12.1. The molecule has 196 valence electrons. The lowest BCUT2D eigenvalue weighted by molar-refractivity contribution is 0.0600. The molecule has 0 radical (unpaired) electrons. The Bertz CT molecular complexity index is 1460. The van der Waals surface area contributed by atoms with Gasteiger partial charge in [0.1, 0.15) is 11.2 Å². The highest BCUT2D eigenvalue weighted by Gasteiger charge is 2.28. The summed E-state index contributed by atoms with van der Waals surface area (Å²) in [5.74, 6) is -0.629. The molecular weight excluding hydrogens is 518 g/mol. The van der Waals surface area contributed by atoms with Gasteiger partial charge in [0.05, 0.1) is 12.7 Å². The molecule has 0 N–H and O–H groups in total. The molecule has 0 amide bonds. The minimum absolute atomic E-state index is 0.0574. The van der Waals surface area contributed by atoms with E-state index in [9.17, 15) is 13.2 Å². The first-order valence-electron chi connectivity index (χ1n) is 11.9. The quantitative estimate of drug-likeness (QED) is 0.144. The van der Waals surface area contributed by atoms with Gasteiger partial charge in [-0.25, -0.2) is 4.79 Å². The number of thiophene rings is 1. The molecule has 0 aliphatic carbocycles. The van der Waals surface area contributed by atoms with E-state index in [4.69, 9.17) is 4.74 Å². The lowest BCUT2D eigenvalue weighted by Crippen LogP contribution is -2.24. The number of rotatable bonds is 10. The fraction of sp³-hybridized carbons (Fsp3) is 0.172. The molecular formula is C29H29N3O4S2. The van der Waals surface area contributed by atoms with E-state index in [2.05, 4.69) is 9.30 Å². The Morgan fingerprint density at radius 2 is 1.55 bits per heavy atom. The number of anilines is 1. The molecule has 0 bridgehead atoms. The zero-order valence-corrected chi connectivity index (χ0v) is 23.1. The normalized spacial score (nSPS) is 11.4. The first-order valence-corrected chi connectivity index (χ1v) is 14.3. The summed E-state index contributed by atoms with van der Waals surface area (Å²) in [5.41, 5.74) is 4.02. The van der Waals surface area contributed by atoms with Crippen LogP contribution in [-0.2, 0) is 27.8 Å². The largest absolute Gasteiger partial charge is 0.465 e. The highest BCUT2D eigenvalue weighted by atomic mass is 32.2. The van der Waals surface area contributed by atoms with Crippen LogP contribution in [0.4, 0.5) is 5.69 Å². The van der Waals surface area contributed by atoms with Crippen molar-refractivity contribution >= 4 is 39.4 Å². The van der Waals surface area contributed by atoms with E-state index in [1.165, 1.54) is 30.9 Å². The van der Waals surface area contributed by atoms with Gasteiger partial charge in [-0.3, -0.25) is 0 Å². The van der Waals surface area contributed by atoms with Crippen molar-refractivity contribution in [2.24, 2.45) is 4.40 Å². The predicted octanol–water partition coefficient (Wildman–Crippen LogP) is 5.69. The van der Waals surface area contributed by atoms with Crippen LogP contribution in [0.15, 0.2) is 98.9 Å². The highest BCUT2D eigenvalue weighted by Crippen LogP contribution is 2.41.